The minimum atomic E-state index is -0.862. The highest BCUT2D eigenvalue weighted by atomic mass is 16.6. The van der Waals surface area contributed by atoms with Crippen LogP contribution in [0.1, 0.15) is 66.4 Å². The molecule has 12 atom stereocenters. The number of fused-ring (bicyclic) bond motifs is 4. The third-order valence-electron chi connectivity index (χ3n) is 12.1. The van der Waals surface area contributed by atoms with Crippen molar-refractivity contribution in [3.05, 3.63) is 66.3 Å². The monoisotopic (exact) mass is 512 g/mol. The maximum absolute atomic E-state index is 15.1. The molecule has 1 saturated heterocycles. The SMILES string of the molecule is C=CC1(C)C=C(C)C2C3C(Oc4ccc(cc4)CC4(C)CC(=C)C5(OC45)C(=O)C31)C1C(C)CC(C)CC21C. The lowest BCUT2D eigenvalue weighted by molar-refractivity contribution is -0.134. The van der Waals surface area contributed by atoms with Gasteiger partial charge in [-0.25, -0.2) is 0 Å². The third-order valence-corrected chi connectivity index (χ3v) is 12.1. The number of ketones is 1. The number of ether oxygens (including phenoxy) is 2. The summed E-state index contributed by atoms with van der Waals surface area (Å²) < 4.78 is 13.7. The highest BCUT2D eigenvalue weighted by Crippen LogP contribution is 2.71. The van der Waals surface area contributed by atoms with Gasteiger partial charge in [0.05, 0.1) is 0 Å². The third kappa shape index (κ3) is 2.92. The predicted molar refractivity (Wildman–Crippen MR) is 151 cm³/mol. The Hall–Kier alpha value is -2.13. The van der Waals surface area contributed by atoms with E-state index in [-0.39, 0.29) is 40.7 Å². The number of hydrogen-bond acceptors (Lipinski definition) is 3. The molecule has 7 aliphatic rings. The van der Waals surface area contributed by atoms with E-state index in [4.69, 9.17) is 9.47 Å². The first kappa shape index (κ1) is 24.9. The summed E-state index contributed by atoms with van der Waals surface area (Å²) in [7, 11) is 0. The summed E-state index contributed by atoms with van der Waals surface area (Å²) in [5, 5.41) is 0. The Balaban J connectivity index is 1.48. The second kappa shape index (κ2) is 7.53. The first-order valence-corrected chi connectivity index (χ1v) is 14.9. The topological polar surface area (TPSA) is 38.8 Å². The number of carbonyl (C=O) groups is 1. The Kier molecular flexibility index (Phi) is 4.93. The van der Waals surface area contributed by atoms with Crippen LogP contribution in [0.3, 0.4) is 0 Å². The van der Waals surface area contributed by atoms with Crippen molar-refractivity contribution in [1.82, 2.24) is 0 Å². The van der Waals surface area contributed by atoms with E-state index >= 15 is 4.79 Å². The van der Waals surface area contributed by atoms with Gasteiger partial charge in [0.15, 0.2) is 11.4 Å². The van der Waals surface area contributed by atoms with Gasteiger partial charge in [-0.05, 0) is 79.0 Å². The molecule has 4 aliphatic carbocycles. The summed E-state index contributed by atoms with van der Waals surface area (Å²) in [5.41, 5.74) is 2.27. The van der Waals surface area contributed by atoms with Crippen LogP contribution in [0.15, 0.2) is 60.7 Å². The van der Waals surface area contributed by atoms with E-state index in [0.717, 1.165) is 24.2 Å². The number of rotatable bonds is 1. The van der Waals surface area contributed by atoms with E-state index in [2.05, 4.69) is 85.0 Å². The van der Waals surface area contributed by atoms with Crippen molar-refractivity contribution in [2.45, 2.75) is 85.0 Å². The van der Waals surface area contributed by atoms with Gasteiger partial charge in [-0.3, -0.25) is 4.79 Å². The predicted octanol–water partition coefficient (Wildman–Crippen LogP) is 7.37. The highest BCUT2D eigenvalue weighted by molar-refractivity contribution is 5.98. The minimum Gasteiger partial charge on any atom is -0.490 e. The number of epoxide rings is 1. The maximum atomic E-state index is 15.1. The van der Waals surface area contributed by atoms with Crippen LogP contribution in [0.4, 0.5) is 0 Å². The fourth-order valence-corrected chi connectivity index (χ4v) is 11.2. The van der Waals surface area contributed by atoms with Crippen LogP contribution < -0.4 is 4.74 Å². The molecule has 3 saturated carbocycles. The average Bonchev–Trinajstić information content (AvgIpc) is 3.50. The molecule has 0 radical (unpaired) electrons. The van der Waals surface area contributed by atoms with Crippen molar-refractivity contribution in [2.75, 3.05) is 0 Å². The van der Waals surface area contributed by atoms with Crippen LogP contribution >= 0.6 is 0 Å². The molecule has 0 aromatic heterocycles. The van der Waals surface area contributed by atoms with Gasteiger partial charge in [0.25, 0.3) is 0 Å². The van der Waals surface area contributed by atoms with Crippen molar-refractivity contribution < 1.29 is 14.3 Å². The Bertz CT molecular complexity index is 1270. The molecule has 0 N–H and O–H groups in total. The van der Waals surface area contributed by atoms with Crippen LogP contribution in [-0.4, -0.2) is 23.6 Å². The zero-order valence-electron chi connectivity index (χ0n) is 24.1. The fourth-order valence-electron chi connectivity index (χ4n) is 11.2. The van der Waals surface area contributed by atoms with Gasteiger partial charge in [0.1, 0.15) is 18.0 Å². The first-order valence-electron chi connectivity index (χ1n) is 14.9. The molecule has 0 spiro atoms. The normalized spacial score (nSPS) is 52.4. The Labute approximate surface area is 228 Å². The van der Waals surface area contributed by atoms with Gasteiger partial charge >= 0.3 is 0 Å². The summed E-state index contributed by atoms with van der Waals surface area (Å²) in [6, 6.07) is 8.77. The molecule has 4 bridgehead atoms. The molecule has 3 heteroatoms. The molecule has 38 heavy (non-hydrogen) atoms. The Morgan fingerprint density at radius 2 is 1.76 bits per heavy atom. The van der Waals surface area contributed by atoms with Crippen LogP contribution in [-0.2, 0) is 16.0 Å². The lowest BCUT2D eigenvalue weighted by Gasteiger charge is -2.50. The van der Waals surface area contributed by atoms with E-state index in [1.165, 1.54) is 24.0 Å². The smallest absolute Gasteiger partial charge is 0.176 e. The molecular weight excluding hydrogens is 468 g/mol. The molecular formula is C35H44O3. The van der Waals surface area contributed by atoms with E-state index < -0.39 is 11.0 Å². The van der Waals surface area contributed by atoms with Gasteiger partial charge in [0.2, 0.25) is 0 Å². The van der Waals surface area contributed by atoms with E-state index in [1.807, 2.05) is 6.08 Å². The van der Waals surface area contributed by atoms with Crippen LogP contribution in [0.5, 0.6) is 5.75 Å². The van der Waals surface area contributed by atoms with Gasteiger partial charge in [0, 0.05) is 28.6 Å². The summed E-state index contributed by atoms with van der Waals surface area (Å²) in [5.74, 6) is 2.85. The molecule has 12 unspecified atom stereocenters. The number of hydrogen-bond donors (Lipinski definition) is 0. The zero-order chi connectivity index (χ0) is 27.0. The molecule has 3 aliphatic heterocycles. The van der Waals surface area contributed by atoms with E-state index in [1.54, 1.807) is 0 Å². The quantitative estimate of drug-likeness (QED) is 0.291. The molecule has 202 valence electrons. The largest absolute Gasteiger partial charge is 0.490 e. The molecule has 3 nitrogen and oxygen atoms in total. The summed E-state index contributed by atoms with van der Waals surface area (Å²) in [4.78, 5) is 15.1. The first-order chi connectivity index (χ1) is 17.9. The standard InChI is InChI=1S/C35H44O3/c1-9-32(6)16-21(4)26-25-28(32)30(36)35-22(5)17-33(7,31(35)38-35)18-23-10-12-24(13-11-23)37-29(25)27-20(3)14-19(2)15-34(26,27)8/h9-13,16,19-20,25-29,31H,1,5,14-15,17-18H2,2-4,6-8H3. The van der Waals surface area contributed by atoms with E-state index in [9.17, 15) is 0 Å². The number of Topliss-reactive ketones (excluding diaryl/α,β-unsaturated/α-hetero) is 1. The average molecular weight is 513 g/mol. The van der Waals surface area contributed by atoms with Crippen LogP contribution in [0.2, 0.25) is 0 Å². The van der Waals surface area contributed by atoms with Gasteiger partial charge in [-0.15, -0.1) is 6.58 Å². The van der Waals surface area contributed by atoms with Crippen molar-refractivity contribution >= 4 is 5.78 Å². The maximum Gasteiger partial charge on any atom is 0.176 e. The fraction of sp³-hybridized carbons (Fsp3) is 0.629. The minimum absolute atomic E-state index is 0.0365. The molecule has 8 rings (SSSR count). The number of carbonyl (C=O) groups excluding carboxylic acids is 1. The molecule has 1 aromatic carbocycles. The lowest BCUT2D eigenvalue weighted by atomic mass is 9.53. The van der Waals surface area contributed by atoms with Crippen molar-refractivity contribution in [3.8, 4) is 5.75 Å². The summed E-state index contributed by atoms with van der Waals surface area (Å²) in [6.07, 6.45) is 8.37. The molecule has 0 amide bonds. The lowest BCUT2D eigenvalue weighted by Crippen LogP contribution is -2.52. The van der Waals surface area contributed by atoms with Crippen molar-refractivity contribution in [2.24, 2.45) is 51.8 Å². The van der Waals surface area contributed by atoms with Gasteiger partial charge in [-0.2, -0.15) is 0 Å². The summed E-state index contributed by atoms with van der Waals surface area (Å²) in [6.45, 7) is 22.9. The second-order valence-electron chi connectivity index (χ2n) is 15.0. The summed E-state index contributed by atoms with van der Waals surface area (Å²) >= 11 is 0. The molecule has 4 fully saturated rings. The Morgan fingerprint density at radius 3 is 2.42 bits per heavy atom. The van der Waals surface area contributed by atoms with Crippen molar-refractivity contribution in [1.29, 1.82) is 0 Å². The van der Waals surface area contributed by atoms with Gasteiger partial charge < -0.3 is 9.47 Å². The van der Waals surface area contributed by atoms with E-state index in [0.29, 0.717) is 23.7 Å². The zero-order valence-corrected chi connectivity index (χ0v) is 24.1. The molecule has 1 aromatic rings. The molecule has 3 heterocycles. The van der Waals surface area contributed by atoms with Crippen LogP contribution in [0, 0.1) is 51.8 Å². The Morgan fingerprint density at radius 1 is 1.05 bits per heavy atom. The number of benzene rings is 1. The van der Waals surface area contributed by atoms with Crippen molar-refractivity contribution in [3.63, 3.8) is 0 Å². The van der Waals surface area contributed by atoms with Gasteiger partial charge in [-0.1, -0.05) is 71.1 Å². The highest BCUT2D eigenvalue weighted by Gasteiger charge is 2.78. The number of allylic oxidation sites excluding steroid dienone is 3. The van der Waals surface area contributed by atoms with Crippen LogP contribution in [0.25, 0.3) is 0 Å². The second-order valence-corrected chi connectivity index (χ2v) is 15.0.